The maximum absolute atomic E-state index is 4.55. The van der Waals surface area contributed by atoms with Crippen LogP contribution in [0.5, 0.6) is 0 Å². The van der Waals surface area contributed by atoms with E-state index >= 15 is 0 Å². The number of hydrogen-bond donors (Lipinski definition) is 1. The van der Waals surface area contributed by atoms with E-state index in [1.54, 1.807) is 0 Å². The maximum Gasteiger partial charge on any atom is 0.126 e. The average Bonchev–Trinajstić information content (AvgIpc) is 2.31. The van der Waals surface area contributed by atoms with E-state index in [9.17, 15) is 0 Å². The minimum absolute atomic E-state index is 0. The van der Waals surface area contributed by atoms with Gasteiger partial charge in [0.15, 0.2) is 0 Å². The first-order valence-electron chi connectivity index (χ1n) is 7.24. The molecule has 0 aliphatic heterocycles. The number of nitrogens with zero attached hydrogens (tertiary/aromatic N) is 1. The van der Waals surface area contributed by atoms with Crippen LogP contribution in [0.4, 0.5) is 5.82 Å². The third-order valence-electron chi connectivity index (χ3n) is 3.52. The van der Waals surface area contributed by atoms with Gasteiger partial charge in [-0.2, -0.15) is 0 Å². The highest BCUT2D eigenvalue weighted by Crippen LogP contribution is 2.23. The Balaban J connectivity index is 0.00000180. The largest absolute Gasteiger partial charge is 0.367 e. The first-order valence-corrected chi connectivity index (χ1v) is 7.24. The zero-order valence-electron chi connectivity index (χ0n) is 12.0. The molecule has 1 aromatic rings. The van der Waals surface area contributed by atoms with Crippen molar-refractivity contribution >= 4 is 5.82 Å². The van der Waals surface area contributed by atoms with E-state index in [2.05, 4.69) is 43.2 Å². The molecule has 2 rings (SSSR count). The molecule has 1 aliphatic carbocycles. The van der Waals surface area contributed by atoms with Crippen molar-refractivity contribution in [2.75, 3.05) is 5.32 Å². The summed E-state index contributed by atoms with van der Waals surface area (Å²) in [7, 11) is 0. The van der Waals surface area contributed by atoms with Crippen LogP contribution in [0.2, 0.25) is 0 Å². The number of nitrogens with one attached hydrogen (secondary N) is 1. The van der Waals surface area contributed by atoms with Crippen molar-refractivity contribution in [3.63, 3.8) is 0 Å². The summed E-state index contributed by atoms with van der Waals surface area (Å²) in [5.41, 5.74) is 1.66. The third kappa shape index (κ3) is 4.32. The zero-order valence-corrected chi connectivity index (χ0v) is 12.0. The van der Waals surface area contributed by atoms with Crippen LogP contribution in [0.15, 0.2) is 18.3 Å². The second kappa shape index (κ2) is 5.73. The van der Waals surface area contributed by atoms with E-state index < -0.39 is 0 Å². The second-order valence-corrected chi connectivity index (χ2v) is 6.77. The molecule has 1 heterocycles. The smallest absolute Gasteiger partial charge is 0.126 e. The number of pyridine rings is 1. The predicted octanol–water partition coefficient (Wildman–Crippen LogP) is 4.66. The molecular formula is C16H28N2. The van der Waals surface area contributed by atoms with E-state index in [1.165, 1.54) is 37.7 Å². The van der Waals surface area contributed by atoms with Gasteiger partial charge in [0.2, 0.25) is 0 Å². The third-order valence-corrected chi connectivity index (χ3v) is 3.52. The van der Waals surface area contributed by atoms with E-state index in [-0.39, 0.29) is 1.43 Å². The molecule has 0 amide bonds. The summed E-state index contributed by atoms with van der Waals surface area (Å²) >= 11 is 0. The molecule has 0 unspecified atom stereocenters. The Labute approximate surface area is 113 Å². The molecule has 1 aromatic heterocycles. The molecule has 0 spiro atoms. The Kier molecular flexibility index (Phi) is 4.26. The van der Waals surface area contributed by atoms with Crippen molar-refractivity contribution in [2.24, 2.45) is 5.41 Å². The second-order valence-electron chi connectivity index (χ2n) is 6.77. The first-order chi connectivity index (χ1) is 8.53. The quantitative estimate of drug-likeness (QED) is 0.841. The molecule has 1 N–H and O–H groups in total. The van der Waals surface area contributed by atoms with Gasteiger partial charge in [0.1, 0.15) is 5.82 Å². The number of aromatic nitrogens is 1. The van der Waals surface area contributed by atoms with E-state index in [0.29, 0.717) is 11.5 Å². The Bertz CT molecular complexity index is 361. The van der Waals surface area contributed by atoms with Gasteiger partial charge in [0.05, 0.1) is 0 Å². The lowest BCUT2D eigenvalue weighted by Gasteiger charge is -2.23. The maximum atomic E-state index is 4.55. The molecule has 0 aromatic carbocycles. The van der Waals surface area contributed by atoms with Crippen LogP contribution in [0.1, 0.15) is 59.9 Å². The summed E-state index contributed by atoms with van der Waals surface area (Å²) in [6, 6.07) is 4.98. The molecule has 0 radical (unpaired) electrons. The Hall–Kier alpha value is -1.05. The SMILES string of the molecule is CC(C)(C)Cc1ccc(NC2CCCCC2)nc1.[HH]. The molecule has 0 bridgehead atoms. The van der Waals surface area contributed by atoms with Crippen LogP contribution in [0.25, 0.3) is 0 Å². The minimum atomic E-state index is 0. The van der Waals surface area contributed by atoms with Crippen LogP contribution in [0, 0.1) is 5.41 Å². The van der Waals surface area contributed by atoms with Gasteiger partial charge in [0, 0.05) is 13.7 Å². The predicted molar refractivity (Wildman–Crippen MR) is 80.0 cm³/mol. The number of anilines is 1. The molecule has 0 saturated heterocycles. The van der Waals surface area contributed by atoms with Crippen molar-refractivity contribution in [3.05, 3.63) is 23.9 Å². The molecule has 0 atom stereocenters. The molecular weight excluding hydrogens is 220 g/mol. The zero-order chi connectivity index (χ0) is 13.0. The van der Waals surface area contributed by atoms with Crippen molar-refractivity contribution in [1.29, 1.82) is 0 Å². The standard InChI is InChI=1S/C16H26N2.H2/c1-16(2,3)11-13-9-10-15(17-12-13)18-14-7-5-4-6-8-14;/h9-10,12,14H,4-8,11H2,1-3H3,(H,17,18);1H. The van der Waals surface area contributed by atoms with Gasteiger partial charge in [-0.1, -0.05) is 46.1 Å². The summed E-state index contributed by atoms with van der Waals surface area (Å²) in [6.07, 6.45) is 9.83. The lowest BCUT2D eigenvalue weighted by atomic mass is 9.89. The number of hydrogen-bond acceptors (Lipinski definition) is 2. The molecule has 1 saturated carbocycles. The van der Waals surface area contributed by atoms with E-state index in [4.69, 9.17) is 0 Å². The molecule has 102 valence electrons. The molecule has 1 fully saturated rings. The molecule has 2 nitrogen and oxygen atoms in total. The summed E-state index contributed by atoms with van der Waals surface area (Å²) in [5, 5.41) is 3.56. The monoisotopic (exact) mass is 248 g/mol. The highest BCUT2D eigenvalue weighted by molar-refractivity contribution is 5.36. The van der Waals surface area contributed by atoms with Crippen LogP contribution < -0.4 is 5.32 Å². The van der Waals surface area contributed by atoms with Gasteiger partial charge in [-0.25, -0.2) is 4.98 Å². The highest BCUT2D eigenvalue weighted by Gasteiger charge is 2.14. The Morgan fingerprint density at radius 2 is 1.94 bits per heavy atom. The molecule has 1 aliphatic rings. The summed E-state index contributed by atoms with van der Waals surface area (Å²) in [6.45, 7) is 6.80. The van der Waals surface area contributed by atoms with Gasteiger partial charge in [0.25, 0.3) is 0 Å². The summed E-state index contributed by atoms with van der Waals surface area (Å²) in [5.74, 6) is 1.04. The summed E-state index contributed by atoms with van der Waals surface area (Å²) in [4.78, 5) is 4.55. The van der Waals surface area contributed by atoms with Gasteiger partial charge in [-0.15, -0.1) is 0 Å². The lowest BCUT2D eigenvalue weighted by molar-refractivity contribution is 0.410. The highest BCUT2D eigenvalue weighted by atomic mass is 15.0. The summed E-state index contributed by atoms with van der Waals surface area (Å²) < 4.78 is 0. The van der Waals surface area contributed by atoms with Crippen molar-refractivity contribution in [1.82, 2.24) is 4.98 Å². The average molecular weight is 248 g/mol. The first kappa shape index (κ1) is 13.4. The molecule has 18 heavy (non-hydrogen) atoms. The van der Waals surface area contributed by atoms with Gasteiger partial charge in [-0.3, -0.25) is 0 Å². The minimum Gasteiger partial charge on any atom is -0.367 e. The van der Waals surface area contributed by atoms with Crippen LogP contribution in [-0.4, -0.2) is 11.0 Å². The molecule has 2 heteroatoms. The fourth-order valence-corrected chi connectivity index (χ4v) is 2.68. The number of rotatable bonds is 3. The van der Waals surface area contributed by atoms with Crippen LogP contribution in [-0.2, 0) is 6.42 Å². The van der Waals surface area contributed by atoms with Crippen LogP contribution >= 0.6 is 0 Å². The Morgan fingerprint density at radius 1 is 1.22 bits per heavy atom. The van der Waals surface area contributed by atoms with Gasteiger partial charge >= 0.3 is 0 Å². The topological polar surface area (TPSA) is 24.9 Å². The van der Waals surface area contributed by atoms with Crippen molar-refractivity contribution < 1.29 is 1.43 Å². The Morgan fingerprint density at radius 3 is 2.50 bits per heavy atom. The van der Waals surface area contributed by atoms with Gasteiger partial charge < -0.3 is 5.32 Å². The van der Waals surface area contributed by atoms with E-state index in [1.807, 2.05) is 6.20 Å². The van der Waals surface area contributed by atoms with Crippen molar-refractivity contribution in [2.45, 2.75) is 65.3 Å². The fourth-order valence-electron chi connectivity index (χ4n) is 2.68. The lowest BCUT2D eigenvalue weighted by Crippen LogP contribution is -2.22. The van der Waals surface area contributed by atoms with E-state index in [0.717, 1.165) is 12.2 Å². The van der Waals surface area contributed by atoms with Crippen LogP contribution in [0.3, 0.4) is 0 Å². The fraction of sp³-hybridized carbons (Fsp3) is 0.688. The normalized spacial score (nSPS) is 17.7. The van der Waals surface area contributed by atoms with Gasteiger partial charge in [-0.05, 0) is 36.3 Å². The van der Waals surface area contributed by atoms with Crippen molar-refractivity contribution in [3.8, 4) is 0 Å².